The van der Waals surface area contributed by atoms with E-state index in [0.29, 0.717) is 30.6 Å². The van der Waals surface area contributed by atoms with Crippen molar-refractivity contribution in [3.05, 3.63) is 53.2 Å². The largest absolute Gasteiger partial charge is 0.416 e. The van der Waals surface area contributed by atoms with Crippen molar-refractivity contribution in [1.29, 1.82) is 0 Å². The van der Waals surface area contributed by atoms with Gasteiger partial charge in [-0.1, -0.05) is 12.1 Å². The molecule has 3 heterocycles. The molecule has 28 heavy (non-hydrogen) atoms. The molecule has 1 saturated heterocycles. The summed E-state index contributed by atoms with van der Waals surface area (Å²) in [5.41, 5.74) is -0.000545. The summed E-state index contributed by atoms with van der Waals surface area (Å²) >= 11 is 1.55. The summed E-state index contributed by atoms with van der Waals surface area (Å²) in [6, 6.07) is 9.43. The third-order valence-electron chi connectivity index (χ3n) is 5.10. The number of hydrogen-bond acceptors (Lipinski definition) is 5. The van der Waals surface area contributed by atoms with Gasteiger partial charge in [-0.2, -0.15) is 13.2 Å². The highest BCUT2D eigenvalue weighted by atomic mass is 32.1. The van der Waals surface area contributed by atoms with E-state index in [1.165, 1.54) is 17.0 Å². The Morgan fingerprint density at radius 1 is 1.14 bits per heavy atom. The molecule has 0 radical (unpaired) electrons. The topological polar surface area (TPSA) is 46.6 Å². The van der Waals surface area contributed by atoms with Crippen LogP contribution in [0.4, 0.5) is 18.9 Å². The summed E-state index contributed by atoms with van der Waals surface area (Å²) in [4.78, 5) is 4.22. The van der Waals surface area contributed by atoms with Gasteiger partial charge < -0.3 is 14.2 Å². The Morgan fingerprint density at radius 3 is 2.61 bits per heavy atom. The van der Waals surface area contributed by atoms with Crippen molar-refractivity contribution >= 4 is 17.0 Å². The van der Waals surface area contributed by atoms with Gasteiger partial charge in [-0.25, -0.2) is 0 Å². The Balaban J connectivity index is 1.40. The van der Waals surface area contributed by atoms with E-state index < -0.39 is 11.7 Å². The van der Waals surface area contributed by atoms with E-state index >= 15 is 0 Å². The Hall–Kier alpha value is -2.39. The molecule has 1 N–H and O–H groups in total. The zero-order valence-corrected chi connectivity index (χ0v) is 16.1. The fourth-order valence-electron chi connectivity index (χ4n) is 3.45. The summed E-state index contributed by atoms with van der Waals surface area (Å²) in [6.07, 6.45) is -4.32. The van der Waals surface area contributed by atoms with Crippen molar-refractivity contribution in [2.75, 3.05) is 31.1 Å². The van der Waals surface area contributed by atoms with E-state index in [2.05, 4.69) is 10.2 Å². The normalized spacial score (nSPS) is 17.1. The van der Waals surface area contributed by atoms with E-state index in [-0.39, 0.29) is 6.04 Å². The van der Waals surface area contributed by atoms with Crippen LogP contribution in [0.3, 0.4) is 0 Å². The summed E-state index contributed by atoms with van der Waals surface area (Å²) < 4.78 is 44.7. The lowest BCUT2D eigenvalue weighted by molar-refractivity contribution is -0.931. The number of benzene rings is 1. The van der Waals surface area contributed by atoms with E-state index in [0.717, 1.165) is 24.0 Å². The minimum atomic E-state index is -4.32. The van der Waals surface area contributed by atoms with Crippen LogP contribution in [0.25, 0.3) is 10.8 Å². The number of aromatic nitrogens is 2. The van der Waals surface area contributed by atoms with Gasteiger partial charge in [-0.05, 0) is 36.6 Å². The lowest BCUT2D eigenvalue weighted by Crippen LogP contribution is -3.14. The first-order valence-electron chi connectivity index (χ1n) is 9.06. The van der Waals surface area contributed by atoms with Crippen molar-refractivity contribution < 1.29 is 22.5 Å². The molecule has 0 unspecified atom stereocenters. The van der Waals surface area contributed by atoms with Crippen LogP contribution >= 0.6 is 11.3 Å². The Bertz CT molecular complexity index is 917. The second-order valence-corrected chi connectivity index (χ2v) is 7.79. The quantitative estimate of drug-likeness (QED) is 0.719. The second-order valence-electron chi connectivity index (χ2n) is 6.84. The molecule has 3 aromatic rings. The predicted molar refractivity (Wildman–Crippen MR) is 100 cm³/mol. The third-order valence-corrected chi connectivity index (χ3v) is 5.96. The number of anilines is 1. The lowest BCUT2D eigenvalue weighted by Gasteiger charge is -2.35. The highest BCUT2D eigenvalue weighted by Gasteiger charge is 2.32. The van der Waals surface area contributed by atoms with Gasteiger partial charge in [0.25, 0.3) is 11.8 Å². The van der Waals surface area contributed by atoms with Gasteiger partial charge in [-0.15, -0.1) is 21.5 Å². The minimum Gasteiger partial charge on any atom is -0.414 e. The van der Waals surface area contributed by atoms with Crippen LogP contribution in [0.15, 0.2) is 46.2 Å². The molecule has 4 rings (SSSR count). The minimum absolute atomic E-state index is 0.0323. The Morgan fingerprint density at radius 2 is 1.93 bits per heavy atom. The molecule has 1 aliphatic heterocycles. The average Bonchev–Trinajstić information content (AvgIpc) is 3.39. The molecular weight excluding hydrogens is 389 g/mol. The smallest absolute Gasteiger partial charge is 0.414 e. The van der Waals surface area contributed by atoms with Crippen LogP contribution in [-0.2, 0) is 6.18 Å². The van der Waals surface area contributed by atoms with Gasteiger partial charge in [0.15, 0.2) is 6.04 Å². The first-order valence-corrected chi connectivity index (χ1v) is 9.94. The summed E-state index contributed by atoms with van der Waals surface area (Å²) in [7, 11) is 0. The third kappa shape index (κ3) is 3.90. The monoisotopic (exact) mass is 409 g/mol. The lowest BCUT2D eigenvalue weighted by atomic mass is 10.1. The van der Waals surface area contributed by atoms with Crippen molar-refractivity contribution in [3.8, 4) is 10.8 Å². The van der Waals surface area contributed by atoms with Gasteiger partial charge in [-0.3, -0.25) is 0 Å². The molecule has 0 aliphatic carbocycles. The first kappa shape index (κ1) is 18.9. The average molecular weight is 409 g/mol. The molecule has 1 fully saturated rings. The SMILES string of the molecule is C[C@H](c1nnc(-c2cccs2)o1)[NH+]1CCN(c2cccc(C(F)(F)F)c2)CC1. The number of rotatable bonds is 4. The molecule has 0 amide bonds. The zero-order valence-electron chi connectivity index (χ0n) is 15.2. The molecule has 5 nitrogen and oxygen atoms in total. The molecule has 0 saturated carbocycles. The van der Waals surface area contributed by atoms with E-state index in [4.69, 9.17) is 4.42 Å². The van der Waals surface area contributed by atoms with Crippen LogP contribution in [0, 0.1) is 0 Å². The number of hydrogen-bond donors (Lipinski definition) is 1. The van der Waals surface area contributed by atoms with E-state index in [1.54, 1.807) is 17.4 Å². The standard InChI is InChI=1S/C19H19F3N4OS/c1-13(17-23-24-18(27-17)16-6-3-11-28-16)25-7-9-26(10-8-25)15-5-2-4-14(12-15)19(20,21)22/h2-6,11-13H,7-10H2,1H3/p+1/t13-/m1/s1. The van der Waals surface area contributed by atoms with Crippen molar-refractivity contribution in [2.24, 2.45) is 0 Å². The molecule has 1 aliphatic rings. The summed E-state index contributed by atoms with van der Waals surface area (Å²) in [6.45, 7) is 4.96. The number of piperazine rings is 1. The molecule has 1 atom stereocenters. The highest BCUT2D eigenvalue weighted by molar-refractivity contribution is 7.13. The molecule has 0 spiro atoms. The van der Waals surface area contributed by atoms with E-state index in [1.807, 2.05) is 29.3 Å². The van der Waals surface area contributed by atoms with Crippen LogP contribution in [0.2, 0.25) is 0 Å². The molecule has 9 heteroatoms. The van der Waals surface area contributed by atoms with Gasteiger partial charge in [0.05, 0.1) is 36.6 Å². The van der Waals surface area contributed by atoms with Crippen molar-refractivity contribution in [3.63, 3.8) is 0 Å². The number of thiophene rings is 1. The predicted octanol–water partition coefficient (Wildman–Crippen LogP) is 3.28. The maximum absolute atomic E-state index is 12.9. The maximum atomic E-state index is 12.9. The summed E-state index contributed by atoms with van der Waals surface area (Å²) in [5.74, 6) is 1.12. The second kappa shape index (κ2) is 7.56. The zero-order chi connectivity index (χ0) is 19.7. The van der Waals surface area contributed by atoms with E-state index in [9.17, 15) is 13.2 Å². The van der Waals surface area contributed by atoms with Crippen LogP contribution in [0.1, 0.15) is 24.4 Å². The van der Waals surface area contributed by atoms with Gasteiger partial charge in [0, 0.05) is 5.69 Å². The van der Waals surface area contributed by atoms with Crippen LogP contribution in [-0.4, -0.2) is 36.4 Å². The van der Waals surface area contributed by atoms with Gasteiger partial charge >= 0.3 is 6.18 Å². The molecule has 1 aromatic carbocycles. The number of quaternary nitrogens is 1. The van der Waals surface area contributed by atoms with Crippen LogP contribution in [0.5, 0.6) is 0 Å². The highest BCUT2D eigenvalue weighted by Crippen LogP contribution is 2.31. The van der Waals surface area contributed by atoms with Gasteiger partial charge in [0.1, 0.15) is 0 Å². The van der Waals surface area contributed by atoms with Crippen molar-refractivity contribution in [2.45, 2.75) is 19.1 Å². The fourth-order valence-corrected chi connectivity index (χ4v) is 4.09. The van der Waals surface area contributed by atoms with Crippen LogP contribution < -0.4 is 9.80 Å². The van der Waals surface area contributed by atoms with Crippen molar-refractivity contribution in [1.82, 2.24) is 10.2 Å². The Kier molecular flexibility index (Phi) is 5.11. The number of alkyl halides is 3. The molecule has 0 bridgehead atoms. The molecular formula is C19H20F3N4OS+. The Labute approximate surface area is 164 Å². The molecule has 148 valence electrons. The number of nitrogens with one attached hydrogen (secondary N) is 1. The number of nitrogens with zero attached hydrogens (tertiary/aromatic N) is 3. The molecule has 2 aromatic heterocycles. The maximum Gasteiger partial charge on any atom is 0.416 e. The fraction of sp³-hybridized carbons (Fsp3) is 0.368. The number of halogens is 3. The summed E-state index contributed by atoms with van der Waals surface area (Å²) in [5, 5.41) is 10.3. The first-order chi connectivity index (χ1) is 13.4. The van der Waals surface area contributed by atoms with Gasteiger partial charge in [0.2, 0.25) is 0 Å².